The molecule has 96 valence electrons. The summed E-state index contributed by atoms with van der Waals surface area (Å²) in [5.41, 5.74) is 1.89. The molecule has 1 aromatic carbocycles. The van der Waals surface area contributed by atoms with Crippen molar-refractivity contribution in [3.63, 3.8) is 0 Å². The molecular weight excluding hydrogens is 246 g/mol. The fraction of sp³-hybridized carbons (Fsp3) is 0.357. The normalized spacial score (nSPS) is 14.4. The van der Waals surface area contributed by atoms with Gasteiger partial charge in [0, 0.05) is 16.6 Å². The molecule has 0 aliphatic heterocycles. The van der Waals surface area contributed by atoms with Gasteiger partial charge in [-0.15, -0.1) is 11.8 Å². The molecule has 2 aromatic rings. The van der Waals surface area contributed by atoms with E-state index in [1.807, 2.05) is 37.3 Å². The van der Waals surface area contributed by atoms with Gasteiger partial charge in [0.25, 0.3) is 0 Å². The molecule has 2 rings (SSSR count). The van der Waals surface area contributed by atoms with Crippen LogP contribution in [0.5, 0.6) is 0 Å². The Morgan fingerprint density at radius 3 is 2.67 bits per heavy atom. The molecule has 0 bridgehead atoms. The van der Waals surface area contributed by atoms with Crippen molar-refractivity contribution in [2.24, 2.45) is 0 Å². The van der Waals surface area contributed by atoms with Crippen molar-refractivity contribution in [3.8, 4) is 11.5 Å². The number of aromatic nitrogens is 1. The topological polar surface area (TPSA) is 46.3 Å². The standard InChI is InChI=1S/C14H17NO2S/c1-10(16)11(2)18-9-13-8-17-14(15-13)12-6-4-3-5-7-12/h3-8,10-11,16H,9H2,1-2H3/t10-,11-/m1/s1. The molecule has 2 atom stereocenters. The Hall–Kier alpha value is -1.26. The fourth-order valence-corrected chi connectivity index (χ4v) is 2.29. The van der Waals surface area contributed by atoms with Gasteiger partial charge in [0.15, 0.2) is 0 Å². The Balaban J connectivity index is 1.99. The van der Waals surface area contributed by atoms with E-state index in [9.17, 15) is 5.11 Å². The molecule has 0 saturated carbocycles. The van der Waals surface area contributed by atoms with Crippen molar-refractivity contribution in [1.82, 2.24) is 4.98 Å². The first-order chi connectivity index (χ1) is 8.66. The van der Waals surface area contributed by atoms with Crippen LogP contribution in [0.2, 0.25) is 0 Å². The summed E-state index contributed by atoms with van der Waals surface area (Å²) < 4.78 is 5.46. The lowest BCUT2D eigenvalue weighted by atomic mass is 10.2. The number of benzene rings is 1. The fourth-order valence-electron chi connectivity index (χ4n) is 1.44. The third kappa shape index (κ3) is 3.37. The van der Waals surface area contributed by atoms with Gasteiger partial charge in [-0.05, 0) is 19.1 Å². The second kappa shape index (κ2) is 6.07. The van der Waals surface area contributed by atoms with Gasteiger partial charge in [0.05, 0.1) is 11.8 Å². The van der Waals surface area contributed by atoms with Crippen LogP contribution in [0, 0.1) is 0 Å². The summed E-state index contributed by atoms with van der Waals surface area (Å²) in [5.74, 6) is 1.40. The zero-order valence-corrected chi connectivity index (χ0v) is 11.4. The Morgan fingerprint density at radius 2 is 2.00 bits per heavy atom. The van der Waals surface area contributed by atoms with Crippen LogP contribution in [0.1, 0.15) is 19.5 Å². The molecule has 1 heterocycles. The molecule has 4 heteroatoms. The third-order valence-electron chi connectivity index (χ3n) is 2.75. The molecule has 0 spiro atoms. The molecule has 3 nitrogen and oxygen atoms in total. The predicted octanol–water partition coefficient (Wildman–Crippen LogP) is 3.34. The Kier molecular flexibility index (Phi) is 4.44. The summed E-state index contributed by atoms with van der Waals surface area (Å²) >= 11 is 1.67. The number of thioether (sulfide) groups is 1. The van der Waals surface area contributed by atoms with Gasteiger partial charge in [-0.3, -0.25) is 0 Å². The smallest absolute Gasteiger partial charge is 0.226 e. The number of hydrogen-bond donors (Lipinski definition) is 1. The van der Waals surface area contributed by atoms with Gasteiger partial charge in [0.2, 0.25) is 5.89 Å². The Labute approximate surface area is 111 Å². The van der Waals surface area contributed by atoms with Crippen LogP contribution >= 0.6 is 11.8 Å². The summed E-state index contributed by atoms with van der Waals surface area (Å²) in [6.07, 6.45) is 1.37. The van der Waals surface area contributed by atoms with Crippen LogP contribution in [0.25, 0.3) is 11.5 Å². The lowest BCUT2D eigenvalue weighted by Crippen LogP contribution is -2.15. The number of rotatable bonds is 5. The number of hydrogen-bond acceptors (Lipinski definition) is 4. The van der Waals surface area contributed by atoms with Crippen molar-refractivity contribution in [2.45, 2.75) is 31.0 Å². The third-order valence-corrected chi connectivity index (χ3v) is 4.13. The van der Waals surface area contributed by atoms with Gasteiger partial charge in [-0.25, -0.2) is 4.98 Å². The molecule has 0 unspecified atom stereocenters. The summed E-state index contributed by atoms with van der Waals surface area (Å²) in [5, 5.41) is 9.61. The minimum atomic E-state index is -0.310. The first kappa shape index (κ1) is 13.2. The highest BCUT2D eigenvalue weighted by atomic mass is 32.2. The zero-order chi connectivity index (χ0) is 13.0. The van der Waals surface area contributed by atoms with Crippen molar-refractivity contribution < 1.29 is 9.52 Å². The highest BCUT2D eigenvalue weighted by Crippen LogP contribution is 2.23. The van der Waals surface area contributed by atoms with Gasteiger partial charge < -0.3 is 9.52 Å². The lowest BCUT2D eigenvalue weighted by molar-refractivity contribution is 0.196. The van der Waals surface area contributed by atoms with E-state index < -0.39 is 0 Å². The summed E-state index contributed by atoms with van der Waals surface area (Å²) in [6, 6.07) is 9.84. The molecule has 0 fully saturated rings. The van der Waals surface area contributed by atoms with Gasteiger partial charge in [-0.1, -0.05) is 25.1 Å². The molecular formula is C14H17NO2S. The first-order valence-electron chi connectivity index (χ1n) is 5.96. The van der Waals surface area contributed by atoms with E-state index in [4.69, 9.17) is 4.42 Å². The van der Waals surface area contributed by atoms with Crippen LogP contribution in [0.15, 0.2) is 41.0 Å². The molecule has 1 N–H and O–H groups in total. The quantitative estimate of drug-likeness (QED) is 0.898. The molecule has 1 aromatic heterocycles. The van der Waals surface area contributed by atoms with E-state index in [0.29, 0.717) is 5.89 Å². The van der Waals surface area contributed by atoms with E-state index >= 15 is 0 Å². The average Bonchev–Trinajstić information content (AvgIpc) is 2.85. The van der Waals surface area contributed by atoms with Gasteiger partial charge in [-0.2, -0.15) is 0 Å². The summed E-state index contributed by atoms with van der Waals surface area (Å²) in [6.45, 7) is 3.81. The van der Waals surface area contributed by atoms with Crippen molar-refractivity contribution in [3.05, 3.63) is 42.3 Å². The van der Waals surface area contributed by atoms with Crippen LogP contribution < -0.4 is 0 Å². The minimum absolute atomic E-state index is 0.196. The Morgan fingerprint density at radius 1 is 1.28 bits per heavy atom. The largest absolute Gasteiger partial charge is 0.444 e. The van der Waals surface area contributed by atoms with Crippen LogP contribution in [-0.2, 0) is 5.75 Å². The van der Waals surface area contributed by atoms with Crippen LogP contribution in [0.3, 0.4) is 0 Å². The minimum Gasteiger partial charge on any atom is -0.444 e. The maximum atomic E-state index is 9.42. The second-order valence-electron chi connectivity index (χ2n) is 4.27. The van der Waals surface area contributed by atoms with Gasteiger partial charge >= 0.3 is 0 Å². The number of nitrogens with zero attached hydrogens (tertiary/aromatic N) is 1. The zero-order valence-electron chi connectivity index (χ0n) is 10.5. The summed E-state index contributed by atoms with van der Waals surface area (Å²) in [4.78, 5) is 4.44. The SMILES string of the molecule is C[C@@H](O)[C@@H](C)SCc1coc(-c2ccccc2)n1. The average molecular weight is 263 g/mol. The molecule has 0 amide bonds. The Bertz CT molecular complexity index is 482. The van der Waals surface area contributed by atoms with E-state index in [-0.39, 0.29) is 11.4 Å². The molecule has 0 saturated heterocycles. The van der Waals surface area contributed by atoms with Crippen molar-refractivity contribution >= 4 is 11.8 Å². The molecule has 0 aliphatic rings. The maximum Gasteiger partial charge on any atom is 0.226 e. The van der Waals surface area contributed by atoms with Crippen LogP contribution in [-0.4, -0.2) is 21.4 Å². The summed E-state index contributed by atoms with van der Waals surface area (Å²) in [7, 11) is 0. The highest BCUT2D eigenvalue weighted by molar-refractivity contribution is 7.99. The lowest BCUT2D eigenvalue weighted by Gasteiger charge is -2.12. The first-order valence-corrected chi connectivity index (χ1v) is 7.01. The predicted molar refractivity (Wildman–Crippen MR) is 74.4 cm³/mol. The van der Waals surface area contributed by atoms with E-state index in [2.05, 4.69) is 4.98 Å². The van der Waals surface area contributed by atoms with Crippen LogP contribution in [0.4, 0.5) is 0 Å². The number of oxazole rings is 1. The van der Waals surface area contributed by atoms with E-state index in [0.717, 1.165) is 17.0 Å². The molecule has 0 aliphatic carbocycles. The van der Waals surface area contributed by atoms with E-state index in [1.165, 1.54) is 0 Å². The van der Waals surface area contributed by atoms with Crippen molar-refractivity contribution in [1.29, 1.82) is 0 Å². The van der Waals surface area contributed by atoms with Crippen molar-refractivity contribution in [2.75, 3.05) is 0 Å². The number of aliphatic hydroxyl groups excluding tert-OH is 1. The maximum absolute atomic E-state index is 9.42. The monoisotopic (exact) mass is 263 g/mol. The highest BCUT2D eigenvalue weighted by Gasteiger charge is 2.11. The molecule has 18 heavy (non-hydrogen) atoms. The second-order valence-corrected chi connectivity index (χ2v) is 5.63. The number of aliphatic hydroxyl groups is 1. The van der Waals surface area contributed by atoms with E-state index in [1.54, 1.807) is 24.9 Å². The van der Waals surface area contributed by atoms with Gasteiger partial charge in [0.1, 0.15) is 6.26 Å². The molecule has 0 radical (unpaired) electrons.